The summed E-state index contributed by atoms with van der Waals surface area (Å²) in [7, 11) is 6.23. The van der Waals surface area contributed by atoms with Gasteiger partial charge in [0.25, 0.3) is 5.91 Å². The molecular formula is C18H20ClNO4. The third-order valence-electron chi connectivity index (χ3n) is 3.65. The van der Waals surface area contributed by atoms with Gasteiger partial charge in [0, 0.05) is 18.6 Å². The van der Waals surface area contributed by atoms with Crippen LogP contribution in [0.1, 0.15) is 15.9 Å². The zero-order valence-electron chi connectivity index (χ0n) is 14.1. The van der Waals surface area contributed by atoms with Gasteiger partial charge in [-0.1, -0.05) is 29.8 Å². The number of benzene rings is 2. The van der Waals surface area contributed by atoms with Crippen LogP contribution in [0.5, 0.6) is 17.2 Å². The van der Waals surface area contributed by atoms with Gasteiger partial charge in [-0.05, 0) is 23.8 Å². The fourth-order valence-corrected chi connectivity index (χ4v) is 2.62. The van der Waals surface area contributed by atoms with Gasteiger partial charge >= 0.3 is 0 Å². The number of carbonyl (C=O) groups excluding carboxylic acids is 1. The van der Waals surface area contributed by atoms with E-state index in [0.29, 0.717) is 34.4 Å². The van der Waals surface area contributed by atoms with Crippen molar-refractivity contribution in [1.82, 2.24) is 4.90 Å². The number of ether oxygens (including phenoxy) is 3. The van der Waals surface area contributed by atoms with E-state index < -0.39 is 0 Å². The van der Waals surface area contributed by atoms with Crippen molar-refractivity contribution < 1.29 is 19.0 Å². The molecule has 0 fully saturated rings. The fourth-order valence-electron chi connectivity index (χ4n) is 2.43. The van der Waals surface area contributed by atoms with E-state index in [-0.39, 0.29) is 5.91 Å². The smallest absolute Gasteiger partial charge is 0.257 e. The molecule has 0 radical (unpaired) electrons. The van der Waals surface area contributed by atoms with Crippen LogP contribution in [0.4, 0.5) is 0 Å². The van der Waals surface area contributed by atoms with Gasteiger partial charge in [0.2, 0.25) is 5.75 Å². The lowest BCUT2D eigenvalue weighted by molar-refractivity contribution is 0.0781. The Morgan fingerprint density at radius 2 is 1.67 bits per heavy atom. The van der Waals surface area contributed by atoms with Gasteiger partial charge in [-0.2, -0.15) is 0 Å². The minimum atomic E-state index is -0.201. The maximum Gasteiger partial charge on any atom is 0.257 e. The van der Waals surface area contributed by atoms with E-state index in [4.69, 9.17) is 25.8 Å². The van der Waals surface area contributed by atoms with Crippen LogP contribution < -0.4 is 14.2 Å². The number of methoxy groups -OCH3 is 3. The lowest BCUT2D eigenvalue weighted by atomic mass is 10.1. The molecule has 0 aliphatic heterocycles. The molecular weight excluding hydrogens is 330 g/mol. The lowest BCUT2D eigenvalue weighted by Gasteiger charge is -2.21. The zero-order chi connectivity index (χ0) is 17.7. The first kappa shape index (κ1) is 17.9. The van der Waals surface area contributed by atoms with E-state index in [9.17, 15) is 4.79 Å². The van der Waals surface area contributed by atoms with E-state index in [1.165, 1.54) is 21.3 Å². The number of rotatable bonds is 6. The minimum absolute atomic E-state index is 0.201. The van der Waals surface area contributed by atoms with Crippen LogP contribution in [0.3, 0.4) is 0 Å². The quantitative estimate of drug-likeness (QED) is 0.799. The van der Waals surface area contributed by atoms with Crippen molar-refractivity contribution in [2.45, 2.75) is 6.54 Å². The maximum absolute atomic E-state index is 12.8. The average Bonchev–Trinajstić information content (AvgIpc) is 2.61. The van der Waals surface area contributed by atoms with Crippen molar-refractivity contribution in [3.05, 3.63) is 52.5 Å². The lowest BCUT2D eigenvalue weighted by Crippen LogP contribution is -2.26. The molecule has 0 aliphatic rings. The maximum atomic E-state index is 12.8. The summed E-state index contributed by atoms with van der Waals surface area (Å²) in [5.41, 5.74) is 1.26. The molecule has 0 bridgehead atoms. The van der Waals surface area contributed by atoms with E-state index in [0.717, 1.165) is 5.56 Å². The van der Waals surface area contributed by atoms with E-state index in [1.807, 2.05) is 18.2 Å². The average molecular weight is 350 g/mol. The normalized spacial score (nSPS) is 10.2. The van der Waals surface area contributed by atoms with E-state index in [1.54, 1.807) is 30.1 Å². The van der Waals surface area contributed by atoms with Crippen molar-refractivity contribution in [2.75, 3.05) is 28.4 Å². The Kier molecular flexibility index (Phi) is 5.93. The molecule has 2 aromatic carbocycles. The third-order valence-corrected chi connectivity index (χ3v) is 4.02. The fraction of sp³-hybridized carbons (Fsp3) is 0.278. The molecule has 24 heavy (non-hydrogen) atoms. The summed E-state index contributed by atoms with van der Waals surface area (Å²) in [5, 5.41) is 0.622. The number of amides is 1. The first-order valence-corrected chi connectivity index (χ1v) is 7.69. The Hall–Kier alpha value is -2.40. The summed E-state index contributed by atoms with van der Waals surface area (Å²) in [6.07, 6.45) is 0. The van der Waals surface area contributed by atoms with Crippen molar-refractivity contribution >= 4 is 17.5 Å². The second-order valence-electron chi connectivity index (χ2n) is 5.13. The predicted octanol–water partition coefficient (Wildman–Crippen LogP) is 3.64. The largest absolute Gasteiger partial charge is 0.493 e. The first-order chi connectivity index (χ1) is 11.5. The number of nitrogens with zero attached hydrogens (tertiary/aromatic N) is 1. The van der Waals surface area contributed by atoms with Crippen molar-refractivity contribution in [3.63, 3.8) is 0 Å². The molecule has 0 aliphatic carbocycles. The minimum Gasteiger partial charge on any atom is -0.493 e. The summed E-state index contributed by atoms with van der Waals surface area (Å²) in [6.45, 7) is 0.385. The Balaban J connectivity index is 2.33. The van der Waals surface area contributed by atoms with Crippen LogP contribution in [0, 0.1) is 0 Å². The molecule has 0 heterocycles. The number of hydrogen-bond donors (Lipinski definition) is 0. The third kappa shape index (κ3) is 3.57. The summed E-state index contributed by atoms with van der Waals surface area (Å²) in [6, 6.07) is 10.8. The summed E-state index contributed by atoms with van der Waals surface area (Å²) in [5.74, 6) is 1.03. The van der Waals surface area contributed by atoms with Crippen LogP contribution in [-0.4, -0.2) is 39.2 Å². The molecule has 0 aromatic heterocycles. The molecule has 2 aromatic rings. The Morgan fingerprint density at radius 1 is 1.00 bits per heavy atom. The number of halogens is 1. The number of hydrogen-bond acceptors (Lipinski definition) is 4. The van der Waals surface area contributed by atoms with Crippen LogP contribution in [0.15, 0.2) is 36.4 Å². The van der Waals surface area contributed by atoms with Crippen LogP contribution >= 0.6 is 11.6 Å². The van der Waals surface area contributed by atoms with Gasteiger partial charge in [0.05, 0.1) is 26.9 Å². The van der Waals surface area contributed by atoms with Crippen molar-refractivity contribution in [1.29, 1.82) is 0 Å². The highest BCUT2D eigenvalue weighted by molar-refractivity contribution is 6.31. The van der Waals surface area contributed by atoms with Crippen molar-refractivity contribution in [3.8, 4) is 17.2 Å². The van der Waals surface area contributed by atoms with Crippen LogP contribution in [0.25, 0.3) is 0 Å². The topological polar surface area (TPSA) is 48.0 Å². The standard InChI is InChI=1S/C18H20ClNO4/c1-20(11-12-7-5-6-8-14(12)19)18(21)13-9-10-15(22-2)17(24-4)16(13)23-3/h5-10H,11H2,1-4H3. The molecule has 0 N–H and O–H groups in total. The molecule has 0 unspecified atom stereocenters. The monoisotopic (exact) mass is 349 g/mol. The van der Waals surface area contributed by atoms with Crippen LogP contribution in [0.2, 0.25) is 5.02 Å². The van der Waals surface area contributed by atoms with E-state index in [2.05, 4.69) is 0 Å². The van der Waals surface area contributed by atoms with Gasteiger partial charge < -0.3 is 19.1 Å². The Labute approximate surface area is 146 Å². The Morgan fingerprint density at radius 3 is 2.25 bits per heavy atom. The molecule has 0 atom stereocenters. The highest BCUT2D eigenvalue weighted by Gasteiger charge is 2.23. The first-order valence-electron chi connectivity index (χ1n) is 7.31. The summed E-state index contributed by atoms with van der Waals surface area (Å²) < 4.78 is 15.9. The molecule has 0 spiro atoms. The molecule has 0 saturated carbocycles. The molecule has 0 saturated heterocycles. The van der Waals surface area contributed by atoms with Crippen molar-refractivity contribution in [2.24, 2.45) is 0 Å². The second-order valence-corrected chi connectivity index (χ2v) is 5.54. The zero-order valence-corrected chi connectivity index (χ0v) is 14.9. The SMILES string of the molecule is COc1ccc(C(=O)N(C)Cc2ccccc2Cl)c(OC)c1OC. The van der Waals surface area contributed by atoms with Crippen LogP contribution in [-0.2, 0) is 6.54 Å². The van der Waals surface area contributed by atoms with Gasteiger partial charge in [0.1, 0.15) is 0 Å². The molecule has 2 rings (SSSR count). The van der Waals surface area contributed by atoms with Gasteiger partial charge in [0.15, 0.2) is 11.5 Å². The summed E-state index contributed by atoms with van der Waals surface area (Å²) >= 11 is 6.17. The molecule has 6 heteroatoms. The molecule has 5 nitrogen and oxygen atoms in total. The van der Waals surface area contributed by atoms with Gasteiger partial charge in [-0.15, -0.1) is 0 Å². The Bertz CT molecular complexity index is 733. The van der Waals surface area contributed by atoms with E-state index >= 15 is 0 Å². The summed E-state index contributed by atoms with van der Waals surface area (Å²) in [4.78, 5) is 14.4. The van der Waals surface area contributed by atoms with Gasteiger partial charge in [-0.3, -0.25) is 4.79 Å². The second kappa shape index (κ2) is 7.93. The molecule has 1 amide bonds. The van der Waals surface area contributed by atoms with Gasteiger partial charge in [-0.25, -0.2) is 0 Å². The molecule has 128 valence electrons. The highest BCUT2D eigenvalue weighted by Crippen LogP contribution is 2.40. The number of carbonyl (C=O) groups is 1. The highest BCUT2D eigenvalue weighted by atomic mass is 35.5. The predicted molar refractivity (Wildman–Crippen MR) is 93.3 cm³/mol.